The standard InChI is InChI=1S/C13H14N2OS/c14-9-11-3-5-12(6-4-11)17-10-13(16)15-7-1-2-8-15/h3-6H,1-2,7-8,10H2. The van der Waals surface area contributed by atoms with E-state index < -0.39 is 0 Å². The fourth-order valence-electron chi connectivity index (χ4n) is 1.83. The Balaban J connectivity index is 1.84. The fraction of sp³-hybridized carbons (Fsp3) is 0.385. The minimum Gasteiger partial charge on any atom is -0.342 e. The Hall–Kier alpha value is -1.47. The lowest BCUT2D eigenvalue weighted by molar-refractivity contribution is -0.127. The van der Waals surface area contributed by atoms with Gasteiger partial charge < -0.3 is 4.90 Å². The van der Waals surface area contributed by atoms with Crippen LogP contribution in [0.3, 0.4) is 0 Å². The quantitative estimate of drug-likeness (QED) is 0.768. The molecule has 1 saturated heterocycles. The smallest absolute Gasteiger partial charge is 0.232 e. The highest BCUT2D eigenvalue weighted by molar-refractivity contribution is 8.00. The Labute approximate surface area is 105 Å². The molecule has 1 aliphatic rings. The van der Waals surface area contributed by atoms with Crippen LogP contribution in [0.4, 0.5) is 0 Å². The Morgan fingerprint density at radius 1 is 1.29 bits per heavy atom. The van der Waals surface area contributed by atoms with Crippen molar-refractivity contribution in [2.45, 2.75) is 17.7 Å². The van der Waals surface area contributed by atoms with Crippen molar-refractivity contribution in [3.05, 3.63) is 29.8 Å². The number of hydrogen-bond acceptors (Lipinski definition) is 3. The summed E-state index contributed by atoms with van der Waals surface area (Å²) in [5, 5.41) is 8.67. The molecule has 1 aliphatic heterocycles. The molecule has 2 rings (SSSR count). The van der Waals surface area contributed by atoms with Crippen molar-refractivity contribution in [3.63, 3.8) is 0 Å². The average molecular weight is 246 g/mol. The third-order valence-electron chi connectivity index (χ3n) is 2.80. The van der Waals surface area contributed by atoms with Gasteiger partial charge >= 0.3 is 0 Å². The van der Waals surface area contributed by atoms with Crippen LogP contribution in [0.25, 0.3) is 0 Å². The van der Waals surface area contributed by atoms with Crippen LogP contribution >= 0.6 is 11.8 Å². The number of benzene rings is 1. The summed E-state index contributed by atoms with van der Waals surface area (Å²) < 4.78 is 0. The van der Waals surface area contributed by atoms with Crippen LogP contribution in [0, 0.1) is 11.3 Å². The Morgan fingerprint density at radius 2 is 1.94 bits per heavy atom. The maximum atomic E-state index is 11.8. The number of nitriles is 1. The molecular weight excluding hydrogens is 232 g/mol. The first-order chi connectivity index (χ1) is 8.29. The van der Waals surface area contributed by atoms with Gasteiger partial charge in [0.15, 0.2) is 0 Å². The molecule has 0 atom stereocenters. The summed E-state index contributed by atoms with van der Waals surface area (Å²) in [6.07, 6.45) is 2.26. The highest BCUT2D eigenvalue weighted by atomic mass is 32.2. The van der Waals surface area contributed by atoms with Gasteiger partial charge in [0.2, 0.25) is 5.91 Å². The van der Waals surface area contributed by atoms with Gasteiger partial charge in [-0.05, 0) is 37.1 Å². The maximum absolute atomic E-state index is 11.8. The second-order valence-corrected chi connectivity index (χ2v) is 5.06. The molecule has 0 aliphatic carbocycles. The molecule has 0 radical (unpaired) electrons. The lowest BCUT2D eigenvalue weighted by Crippen LogP contribution is -2.29. The van der Waals surface area contributed by atoms with E-state index in [1.165, 1.54) is 11.8 Å². The highest BCUT2D eigenvalue weighted by Crippen LogP contribution is 2.19. The minimum absolute atomic E-state index is 0.219. The van der Waals surface area contributed by atoms with Crippen LogP contribution in [-0.2, 0) is 4.79 Å². The van der Waals surface area contributed by atoms with Crippen LogP contribution in [-0.4, -0.2) is 29.6 Å². The van der Waals surface area contributed by atoms with E-state index in [1.54, 1.807) is 12.1 Å². The van der Waals surface area contributed by atoms with Gasteiger partial charge in [-0.15, -0.1) is 11.8 Å². The Bertz CT molecular complexity index is 430. The van der Waals surface area contributed by atoms with Gasteiger partial charge in [-0.1, -0.05) is 0 Å². The van der Waals surface area contributed by atoms with Gasteiger partial charge in [-0.25, -0.2) is 0 Å². The number of rotatable bonds is 3. The van der Waals surface area contributed by atoms with Gasteiger partial charge in [-0.2, -0.15) is 5.26 Å². The monoisotopic (exact) mass is 246 g/mol. The summed E-state index contributed by atoms with van der Waals surface area (Å²) in [5.74, 6) is 0.711. The van der Waals surface area contributed by atoms with Crippen molar-refractivity contribution >= 4 is 17.7 Å². The van der Waals surface area contributed by atoms with Gasteiger partial charge in [0.1, 0.15) is 0 Å². The van der Waals surface area contributed by atoms with E-state index >= 15 is 0 Å². The van der Waals surface area contributed by atoms with E-state index in [2.05, 4.69) is 6.07 Å². The first-order valence-electron chi connectivity index (χ1n) is 5.70. The third-order valence-corrected chi connectivity index (χ3v) is 3.80. The van der Waals surface area contributed by atoms with E-state index in [4.69, 9.17) is 5.26 Å². The molecule has 1 fully saturated rings. The lowest BCUT2D eigenvalue weighted by Gasteiger charge is -2.14. The second-order valence-electron chi connectivity index (χ2n) is 4.01. The largest absolute Gasteiger partial charge is 0.342 e. The SMILES string of the molecule is N#Cc1ccc(SCC(=O)N2CCCC2)cc1. The van der Waals surface area contributed by atoms with Crippen LogP contribution in [0.5, 0.6) is 0 Å². The second kappa shape index (κ2) is 5.74. The molecule has 0 unspecified atom stereocenters. The van der Waals surface area contributed by atoms with E-state index in [0.29, 0.717) is 11.3 Å². The predicted molar refractivity (Wildman–Crippen MR) is 67.7 cm³/mol. The molecule has 1 aromatic carbocycles. The highest BCUT2D eigenvalue weighted by Gasteiger charge is 2.17. The molecule has 0 aromatic heterocycles. The molecule has 1 heterocycles. The average Bonchev–Trinajstić information content (AvgIpc) is 2.90. The fourth-order valence-corrected chi connectivity index (χ4v) is 2.63. The number of hydrogen-bond donors (Lipinski definition) is 0. The van der Waals surface area contributed by atoms with Gasteiger partial charge in [0, 0.05) is 18.0 Å². The van der Waals surface area contributed by atoms with Crippen molar-refractivity contribution in [1.82, 2.24) is 4.90 Å². The third kappa shape index (κ3) is 3.24. The molecule has 88 valence electrons. The molecule has 3 nitrogen and oxygen atoms in total. The topological polar surface area (TPSA) is 44.1 Å². The number of likely N-dealkylation sites (tertiary alicyclic amines) is 1. The summed E-state index contributed by atoms with van der Waals surface area (Å²) in [6, 6.07) is 9.42. The van der Waals surface area contributed by atoms with Gasteiger partial charge in [-0.3, -0.25) is 4.79 Å². The van der Waals surface area contributed by atoms with Crippen LogP contribution in [0.2, 0.25) is 0 Å². The molecule has 0 spiro atoms. The van der Waals surface area contributed by atoms with E-state index in [1.807, 2.05) is 17.0 Å². The van der Waals surface area contributed by atoms with Crippen molar-refractivity contribution in [1.29, 1.82) is 5.26 Å². The van der Waals surface area contributed by atoms with Crippen LogP contribution < -0.4 is 0 Å². The zero-order valence-corrected chi connectivity index (χ0v) is 10.4. The molecule has 0 N–H and O–H groups in total. The van der Waals surface area contributed by atoms with E-state index in [0.717, 1.165) is 30.8 Å². The summed E-state index contributed by atoms with van der Waals surface area (Å²) in [4.78, 5) is 14.8. The molecule has 4 heteroatoms. The molecule has 1 aromatic rings. The summed E-state index contributed by atoms with van der Waals surface area (Å²) in [6.45, 7) is 1.82. The summed E-state index contributed by atoms with van der Waals surface area (Å²) in [7, 11) is 0. The maximum Gasteiger partial charge on any atom is 0.232 e. The van der Waals surface area contributed by atoms with Crippen LogP contribution in [0.15, 0.2) is 29.2 Å². The normalized spacial score (nSPS) is 14.6. The zero-order chi connectivity index (χ0) is 12.1. The molecular formula is C13H14N2OS. The Kier molecular flexibility index (Phi) is 4.05. The molecule has 17 heavy (non-hydrogen) atoms. The molecule has 0 saturated carbocycles. The summed E-state index contributed by atoms with van der Waals surface area (Å²) in [5.41, 5.74) is 0.653. The van der Waals surface area contributed by atoms with Gasteiger partial charge in [0.05, 0.1) is 17.4 Å². The minimum atomic E-state index is 0.219. The number of nitrogens with zero attached hydrogens (tertiary/aromatic N) is 2. The van der Waals surface area contributed by atoms with Crippen LogP contribution in [0.1, 0.15) is 18.4 Å². The lowest BCUT2D eigenvalue weighted by atomic mass is 10.2. The van der Waals surface area contributed by atoms with Gasteiger partial charge in [0.25, 0.3) is 0 Å². The van der Waals surface area contributed by atoms with E-state index in [-0.39, 0.29) is 5.91 Å². The van der Waals surface area contributed by atoms with Crippen molar-refractivity contribution in [3.8, 4) is 6.07 Å². The number of thioether (sulfide) groups is 1. The number of carbonyl (C=O) groups is 1. The van der Waals surface area contributed by atoms with Crippen molar-refractivity contribution in [2.24, 2.45) is 0 Å². The van der Waals surface area contributed by atoms with Crippen molar-refractivity contribution < 1.29 is 4.79 Å². The number of carbonyl (C=O) groups excluding carboxylic acids is 1. The van der Waals surface area contributed by atoms with Crippen molar-refractivity contribution in [2.75, 3.05) is 18.8 Å². The first kappa shape index (κ1) is 12.0. The molecule has 1 amide bonds. The van der Waals surface area contributed by atoms with E-state index in [9.17, 15) is 4.79 Å². The predicted octanol–water partition coefficient (Wildman–Crippen LogP) is 2.27. The first-order valence-corrected chi connectivity index (χ1v) is 6.69. The summed E-state index contributed by atoms with van der Waals surface area (Å²) >= 11 is 1.53. The zero-order valence-electron chi connectivity index (χ0n) is 9.56. The Morgan fingerprint density at radius 3 is 2.53 bits per heavy atom. The number of amides is 1. The molecule has 0 bridgehead atoms.